The molecular formula is C20H31N3O3S. The number of furan rings is 1. The van der Waals surface area contributed by atoms with Crippen LogP contribution in [-0.4, -0.2) is 79.1 Å². The Morgan fingerprint density at radius 2 is 1.93 bits per heavy atom. The lowest BCUT2D eigenvalue weighted by Gasteiger charge is -2.34. The SMILES string of the molecule is CSCc1ccc(C(=O)N2CCC[C@H](CCC(=O)N3CCN(C)CC3)C2)o1. The first kappa shape index (κ1) is 20.3. The Labute approximate surface area is 166 Å². The molecule has 150 valence electrons. The van der Waals surface area contributed by atoms with Crippen molar-refractivity contribution in [3.63, 3.8) is 0 Å². The summed E-state index contributed by atoms with van der Waals surface area (Å²) >= 11 is 1.68. The summed E-state index contributed by atoms with van der Waals surface area (Å²) < 4.78 is 5.68. The summed E-state index contributed by atoms with van der Waals surface area (Å²) in [5.74, 6) is 2.71. The highest BCUT2D eigenvalue weighted by atomic mass is 32.2. The van der Waals surface area contributed by atoms with Crippen LogP contribution in [0, 0.1) is 5.92 Å². The zero-order valence-electron chi connectivity index (χ0n) is 16.5. The Balaban J connectivity index is 1.47. The molecule has 27 heavy (non-hydrogen) atoms. The maximum atomic E-state index is 12.7. The third-order valence-electron chi connectivity index (χ3n) is 5.59. The first-order chi connectivity index (χ1) is 13.1. The van der Waals surface area contributed by atoms with Gasteiger partial charge < -0.3 is 19.1 Å². The Morgan fingerprint density at radius 3 is 2.67 bits per heavy atom. The molecule has 2 aliphatic heterocycles. The lowest BCUT2D eigenvalue weighted by molar-refractivity contribution is -0.133. The summed E-state index contributed by atoms with van der Waals surface area (Å²) in [6.45, 7) is 5.09. The average molecular weight is 394 g/mol. The molecule has 2 fully saturated rings. The molecule has 1 aromatic rings. The second-order valence-electron chi connectivity index (χ2n) is 7.68. The molecule has 3 heterocycles. The molecule has 0 saturated carbocycles. The van der Waals surface area contributed by atoms with Crippen molar-refractivity contribution >= 4 is 23.6 Å². The molecule has 2 amide bonds. The van der Waals surface area contributed by atoms with Crippen molar-refractivity contribution < 1.29 is 14.0 Å². The number of carbonyl (C=O) groups is 2. The van der Waals surface area contributed by atoms with Gasteiger partial charge in [-0.3, -0.25) is 9.59 Å². The molecule has 7 heteroatoms. The van der Waals surface area contributed by atoms with E-state index in [0.29, 0.717) is 18.1 Å². The molecule has 0 unspecified atom stereocenters. The van der Waals surface area contributed by atoms with Crippen molar-refractivity contribution in [2.24, 2.45) is 5.92 Å². The maximum Gasteiger partial charge on any atom is 0.289 e. The summed E-state index contributed by atoms with van der Waals surface area (Å²) in [5, 5.41) is 0. The maximum absolute atomic E-state index is 12.7. The minimum Gasteiger partial charge on any atom is -0.455 e. The first-order valence-electron chi connectivity index (χ1n) is 9.90. The fourth-order valence-corrected chi connectivity index (χ4v) is 4.33. The Kier molecular flexibility index (Phi) is 7.24. The van der Waals surface area contributed by atoms with Gasteiger partial charge >= 0.3 is 0 Å². The van der Waals surface area contributed by atoms with Crippen molar-refractivity contribution in [1.82, 2.24) is 14.7 Å². The van der Waals surface area contributed by atoms with Crippen LogP contribution in [0.3, 0.4) is 0 Å². The lowest BCUT2D eigenvalue weighted by Crippen LogP contribution is -2.47. The number of piperidine rings is 1. The van der Waals surface area contributed by atoms with Gasteiger partial charge in [0.15, 0.2) is 5.76 Å². The number of nitrogens with zero attached hydrogens (tertiary/aromatic N) is 3. The summed E-state index contributed by atoms with van der Waals surface area (Å²) in [6, 6.07) is 3.67. The van der Waals surface area contributed by atoms with Gasteiger partial charge in [0.05, 0.1) is 5.75 Å². The average Bonchev–Trinajstić information content (AvgIpc) is 3.15. The molecule has 0 spiro atoms. The number of carbonyl (C=O) groups excluding carboxylic acids is 2. The molecule has 0 aliphatic carbocycles. The molecule has 0 bridgehead atoms. The largest absolute Gasteiger partial charge is 0.455 e. The molecule has 0 radical (unpaired) electrons. The van der Waals surface area contributed by atoms with Crippen LogP contribution in [0.1, 0.15) is 42.0 Å². The normalized spacial score (nSPS) is 21.5. The molecule has 3 rings (SSSR count). The molecule has 0 aromatic carbocycles. The summed E-state index contributed by atoms with van der Waals surface area (Å²) in [4.78, 5) is 31.3. The number of amides is 2. The highest BCUT2D eigenvalue weighted by Gasteiger charge is 2.27. The monoisotopic (exact) mass is 393 g/mol. The zero-order valence-corrected chi connectivity index (χ0v) is 17.3. The van der Waals surface area contributed by atoms with Gasteiger partial charge in [-0.2, -0.15) is 11.8 Å². The molecule has 6 nitrogen and oxygen atoms in total. The summed E-state index contributed by atoms with van der Waals surface area (Å²) in [7, 11) is 2.10. The van der Waals surface area contributed by atoms with E-state index >= 15 is 0 Å². The first-order valence-corrected chi connectivity index (χ1v) is 11.3. The Bertz CT molecular complexity index is 640. The number of likely N-dealkylation sites (N-methyl/N-ethyl adjacent to an activating group) is 1. The van der Waals surface area contributed by atoms with E-state index in [2.05, 4.69) is 11.9 Å². The molecule has 1 atom stereocenters. The van der Waals surface area contributed by atoms with E-state index in [1.54, 1.807) is 17.8 Å². The molecule has 2 saturated heterocycles. The van der Waals surface area contributed by atoms with Crippen molar-refractivity contribution in [2.45, 2.75) is 31.4 Å². The fourth-order valence-electron chi connectivity index (χ4n) is 3.90. The van der Waals surface area contributed by atoms with Gasteiger partial charge in [-0.15, -0.1) is 0 Å². The second-order valence-corrected chi connectivity index (χ2v) is 8.55. The Morgan fingerprint density at radius 1 is 1.15 bits per heavy atom. The molecule has 0 N–H and O–H groups in total. The van der Waals surface area contributed by atoms with Gasteiger partial charge in [0.1, 0.15) is 5.76 Å². The topological polar surface area (TPSA) is 57.0 Å². The third-order valence-corrected chi connectivity index (χ3v) is 6.16. The van der Waals surface area contributed by atoms with Crippen molar-refractivity contribution in [2.75, 3.05) is 52.6 Å². The molecule has 2 aliphatic rings. The fraction of sp³-hybridized carbons (Fsp3) is 0.700. The van der Waals surface area contributed by atoms with Gasteiger partial charge in [0, 0.05) is 45.7 Å². The number of thioether (sulfide) groups is 1. The van der Waals surface area contributed by atoms with E-state index in [0.717, 1.165) is 70.0 Å². The highest BCUT2D eigenvalue weighted by Crippen LogP contribution is 2.24. The van der Waals surface area contributed by atoms with Crippen molar-refractivity contribution in [3.8, 4) is 0 Å². The minimum atomic E-state index is -0.0163. The number of hydrogen-bond acceptors (Lipinski definition) is 5. The standard InChI is InChI=1S/C20H31N3O3S/c1-21-10-12-22(13-11-21)19(24)8-5-16-4-3-9-23(14-16)20(25)18-7-6-17(26-18)15-27-2/h6-7,16H,3-5,8-15H2,1-2H3/t16-/m1/s1. The number of piperazine rings is 1. The molecule has 1 aromatic heterocycles. The number of hydrogen-bond donors (Lipinski definition) is 0. The predicted octanol–water partition coefficient (Wildman–Crippen LogP) is 2.55. The van der Waals surface area contributed by atoms with Crippen LogP contribution in [0.15, 0.2) is 16.5 Å². The van der Waals surface area contributed by atoms with Gasteiger partial charge in [-0.1, -0.05) is 0 Å². The van der Waals surface area contributed by atoms with Crippen LogP contribution < -0.4 is 0 Å². The van der Waals surface area contributed by atoms with Crippen molar-refractivity contribution in [3.05, 3.63) is 23.7 Å². The summed E-state index contributed by atoms with van der Waals surface area (Å²) in [5.41, 5.74) is 0. The zero-order chi connectivity index (χ0) is 19.2. The lowest BCUT2D eigenvalue weighted by atomic mass is 9.93. The van der Waals surface area contributed by atoms with Crippen molar-refractivity contribution in [1.29, 1.82) is 0 Å². The molecular weight excluding hydrogens is 362 g/mol. The number of likely N-dealkylation sites (tertiary alicyclic amines) is 1. The van der Waals surface area contributed by atoms with Crippen LogP contribution >= 0.6 is 11.8 Å². The van der Waals surface area contributed by atoms with Gasteiger partial charge in [0.2, 0.25) is 5.91 Å². The van der Waals surface area contributed by atoms with Crippen LogP contribution in [0.25, 0.3) is 0 Å². The highest BCUT2D eigenvalue weighted by molar-refractivity contribution is 7.97. The van der Waals surface area contributed by atoms with Crippen LogP contribution in [0.4, 0.5) is 0 Å². The minimum absolute atomic E-state index is 0.0163. The Hall–Kier alpha value is -1.47. The van der Waals surface area contributed by atoms with Crippen LogP contribution in [0.2, 0.25) is 0 Å². The van der Waals surface area contributed by atoms with E-state index < -0.39 is 0 Å². The van der Waals surface area contributed by atoms with E-state index in [4.69, 9.17) is 4.42 Å². The van der Waals surface area contributed by atoms with E-state index in [9.17, 15) is 9.59 Å². The smallest absolute Gasteiger partial charge is 0.289 e. The second kappa shape index (κ2) is 9.64. The quantitative estimate of drug-likeness (QED) is 0.743. The van der Waals surface area contributed by atoms with Crippen LogP contribution in [0.5, 0.6) is 0 Å². The third kappa shape index (κ3) is 5.51. The predicted molar refractivity (Wildman–Crippen MR) is 108 cm³/mol. The van der Waals surface area contributed by atoms with Crippen LogP contribution in [-0.2, 0) is 10.5 Å². The van der Waals surface area contributed by atoms with Gasteiger partial charge in [-0.25, -0.2) is 0 Å². The van der Waals surface area contributed by atoms with E-state index in [1.165, 1.54) is 0 Å². The van der Waals surface area contributed by atoms with E-state index in [-0.39, 0.29) is 11.8 Å². The number of rotatable bonds is 6. The van der Waals surface area contributed by atoms with Gasteiger partial charge in [-0.05, 0) is 50.6 Å². The van der Waals surface area contributed by atoms with Gasteiger partial charge in [0.25, 0.3) is 5.91 Å². The summed E-state index contributed by atoms with van der Waals surface area (Å²) in [6.07, 6.45) is 5.57. The van der Waals surface area contributed by atoms with E-state index in [1.807, 2.05) is 22.1 Å².